The zero-order chi connectivity index (χ0) is 14.2. The molecule has 1 aliphatic heterocycles. The topological polar surface area (TPSA) is 29.5 Å². The average Bonchev–Trinajstić information content (AvgIpc) is 2.71. The normalized spacial score (nSPS) is 19.9. The zero-order valence-electron chi connectivity index (χ0n) is 12.5. The van der Waals surface area contributed by atoms with Gasteiger partial charge in [-0.15, -0.1) is 0 Å². The molecule has 0 N–H and O–H groups in total. The molecule has 1 aliphatic rings. The van der Waals surface area contributed by atoms with Crippen molar-refractivity contribution < 1.29 is 9.53 Å². The fraction of sp³-hybridized carbons (Fsp3) is 0.533. The number of nitrogens with zero attached hydrogens (tertiary/aromatic N) is 1. The lowest BCUT2D eigenvalue weighted by atomic mass is 9.99. The van der Waals surface area contributed by atoms with Gasteiger partial charge in [-0.2, -0.15) is 0 Å². The Morgan fingerprint density at radius 2 is 2.00 bits per heavy atom. The van der Waals surface area contributed by atoms with Gasteiger partial charge in [0.25, 0.3) is 0 Å². The number of amides is 1. The second-order valence-electron chi connectivity index (χ2n) is 6.16. The molecule has 19 heavy (non-hydrogen) atoms. The van der Waals surface area contributed by atoms with Gasteiger partial charge in [-0.25, -0.2) is 0 Å². The van der Waals surface area contributed by atoms with Gasteiger partial charge in [0.2, 0.25) is 5.91 Å². The van der Waals surface area contributed by atoms with Crippen LogP contribution in [0, 0.1) is 6.92 Å². The summed E-state index contributed by atoms with van der Waals surface area (Å²) in [6.45, 7) is 8.79. The van der Waals surface area contributed by atoms with Crippen LogP contribution in [-0.2, 0) is 4.79 Å². The third-order valence-electron chi connectivity index (χ3n) is 3.84. The lowest BCUT2D eigenvalue weighted by molar-refractivity contribution is -0.125. The Morgan fingerprint density at radius 1 is 1.32 bits per heavy atom. The number of benzene rings is 1. The van der Waals surface area contributed by atoms with Crippen molar-refractivity contribution >= 4 is 14.1 Å². The highest BCUT2D eigenvalue weighted by Gasteiger charge is 2.40. The Labute approximate surface area is 116 Å². The molecule has 1 unspecified atom stereocenters. The van der Waals surface area contributed by atoms with Gasteiger partial charge >= 0.3 is 0 Å². The summed E-state index contributed by atoms with van der Waals surface area (Å²) in [5.74, 6) is 1.22. The fourth-order valence-electron chi connectivity index (χ4n) is 3.03. The van der Waals surface area contributed by atoms with E-state index in [1.807, 2.05) is 12.1 Å². The van der Waals surface area contributed by atoms with E-state index in [1.54, 1.807) is 7.11 Å². The van der Waals surface area contributed by atoms with Gasteiger partial charge < -0.3 is 9.30 Å². The predicted octanol–water partition coefficient (Wildman–Crippen LogP) is 3.50. The van der Waals surface area contributed by atoms with Crippen molar-refractivity contribution in [3.8, 4) is 5.75 Å². The summed E-state index contributed by atoms with van der Waals surface area (Å²) in [6, 6.07) is 6.36. The summed E-state index contributed by atoms with van der Waals surface area (Å²) in [6.07, 6.45) is 1.60. The van der Waals surface area contributed by atoms with Crippen LogP contribution in [0.4, 0.5) is 0 Å². The number of ether oxygens (including phenoxy) is 1. The van der Waals surface area contributed by atoms with Gasteiger partial charge in [0.15, 0.2) is 8.24 Å². The van der Waals surface area contributed by atoms with Crippen LogP contribution < -0.4 is 4.74 Å². The molecule has 0 bridgehead atoms. The molecule has 1 aromatic carbocycles. The van der Waals surface area contributed by atoms with E-state index in [0.717, 1.165) is 17.7 Å². The van der Waals surface area contributed by atoms with Crippen molar-refractivity contribution in [1.29, 1.82) is 0 Å². The molecular weight excluding hydrogens is 254 g/mol. The van der Waals surface area contributed by atoms with Crippen LogP contribution in [0.5, 0.6) is 5.75 Å². The maximum atomic E-state index is 12.2. The van der Waals surface area contributed by atoms with Gasteiger partial charge in [-0.1, -0.05) is 31.8 Å². The monoisotopic (exact) mass is 277 g/mol. The second kappa shape index (κ2) is 5.00. The van der Waals surface area contributed by atoms with Crippen molar-refractivity contribution in [1.82, 2.24) is 4.57 Å². The summed E-state index contributed by atoms with van der Waals surface area (Å²) in [7, 11) is 0.0560. The second-order valence-corrected chi connectivity index (χ2v) is 11.0. The number of hydrogen-bond donors (Lipinski definition) is 0. The van der Waals surface area contributed by atoms with Crippen LogP contribution in [0.1, 0.15) is 30.0 Å². The third kappa shape index (κ3) is 2.54. The van der Waals surface area contributed by atoms with Gasteiger partial charge in [-0.3, -0.25) is 4.79 Å². The minimum atomic E-state index is -1.64. The van der Waals surface area contributed by atoms with Crippen molar-refractivity contribution in [3.05, 3.63) is 29.3 Å². The molecule has 104 valence electrons. The molecule has 0 aliphatic carbocycles. The van der Waals surface area contributed by atoms with Gasteiger partial charge in [0.1, 0.15) is 5.75 Å². The third-order valence-corrected chi connectivity index (χ3v) is 5.85. The Kier molecular flexibility index (Phi) is 3.72. The van der Waals surface area contributed by atoms with E-state index in [2.05, 4.69) is 37.2 Å². The van der Waals surface area contributed by atoms with Crippen molar-refractivity contribution in [2.75, 3.05) is 7.11 Å². The minimum Gasteiger partial charge on any atom is -0.496 e. The average molecular weight is 277 g/mol. The smallest absolute Gasteiger partial charge is 0.215 e. The van der Waals surface area contributed by atoms with E-state index < -0.39 is 8.24 Å². The first kappa shape index (κ1) is 14.1. The van der Waals surface area contributed by atoms with Gasteiger partial charge in [-0.05, 0) is 30.5 Å². The highest BCUT2D eigenvalue weighted by atomic mass is 28.3. The molecule has 4 heteroatoms. The minimum absolute atomic E-state index is 0.231. The molecule has 2 rings (SSSR count). The van der Waals surface area contributed by atoms with E-state index in [9.17, 15) is 4.79 Å². The van der Waals surface area contributed by atoms with Crippen LogP contribution in [-0.4, -0.2) is 25.8 Å². The zero-order valence-corrected chi connectivity index (χ0v) is 13.5. The summed E-state index contributed by atoms with van der Waals surface area (Å²) in [5, 5.41) is 0. The van der Waals surface area contributed by atoms with Crippen molar-refractivity contribution in [3.63, 3.8) is 0 Å². The Hall–Kier alpha value is -1.29. The fourth-order valence-corrected chi connectivity index (χ4v) is 5.10. The van der Waals surface area contributed by atoms with Crippen molar-refractivity contribution in [2.24, 2.45) is 0 Å². The van der Waals surface area contributed by atoms with Crippen LogP contribution in [0.25, 0.3) is 0 Å². The first-order valence-electron chi connectivity index (χ1n) is 6.82. The number of carbonyl (C=O) groups excluding carboxylic acids is 1. The maximum Gasteiger partial charge on any atom is 0.215 e. The molecular formula is C15H23NO2Si. The van der Waals surface area contributed by atoms with E-state index in [0.29, 0.717) is 12.3 Å². The van der Waals surface area contributed by atoms with Crippen molar-refractivity contribution in [2.45, 2.75) is 45.4 Å². The molecule has 1 aromatic rings. The highest BCUT2D eigenvalue weighted by Crippen LogP contribution is 2.39. The molecule has 3 nitrogen and oxygen atoms in total. The predicted molar refractivity (Wildman–Crippen MR) is 79.9 cm³/mol. The maximum absolute atomic E-state index is 12.2. The Morgan fingerprint density at radius 3 is 2.58 bits per heavy atom. The summed E-state index contributed by atoms with van der Waals surface area (Å²) >= 11 is 0. The molecule has 0 aromatic heterocycles. The Bertz CT molecular complexity index is 493. The highest BCUT2D eigenvalue weighted by molar-refractivity contribution is 6.75. The first-order valence-corrected chi connectivity index (χ1v) is 10.3. The number of rotatable bonds is 3. The quantitative estimate of drug-likeness (QED) is 0.791. The summed E-state index contributed by atoms with van der Waals surface area (Å²) < 4.78 is 7.56. The van der Waals surface area contributed by atoms with E-state index in [4.69, 9.17) is 4.74 Å². The first-order chi connectivity index (χ1) is 8.86. The van der Waals surface area contributed by atoms with Gasteiger partial charge in [0, 0.05) is 12.5 Å². The van der Waals surface area contributed by atoms with Crippen LogP contribution in [0.15, 0.2) is 18.2 Å². The Balaban J connectivity index is 2.44. The van der Waals surface area contributed by atoms with Crippen LogP contribution >= 0.6 is 0 Å². The molecule has 0 radical (unpaired) electrons. The summed E-state index contributed by atoms with van der Waals surface area (Å²) in [4.78, 5) is 12.2. The standard InChI is InChI=1S/C15H23NO2Si/c1-11-12(7-6-8-14(11)18-2)13-9-10-15(17)16(13)19(3,4)5/h6-8,13H,9-10H2,1-5H3. The molecule has 1 heterocycles. The molecule has 0 spiro atoms. The van der Waals surface area contributed by atoms with E-state index >= 15 is 0 Å². The number of hydrogen-bond acceptors (Lipinski definition) is 2. The largest absolute Gasteiger partial charge is 0.496 e. The SMILES string of the molecule is COc1cccc(C2CCC(=O)N2[Si](C)(C)C)c1C. The number of carbonyl (C=O) groups is 1. The molecule has 1 atom stereocenters. The molecule has 1 saturated heterocycles. The van der Waals surface area contributed by atoms with Crippen LogP contribution in [0.2, 0.25) is 19.6 Å². The molecule has 0 saturated carbocycles. The molecule has 1 fully saturated rings. The van der Waals surface area contributed by atoms with E-state index in [-0.39, 0.29) is 6.04 Å². The van der Waals surface area contributed by atoms with Gasteiger partial charge in [0.05, 0.1) is 7.11 Å². The molecule has 1 amide bonds. The van der Waals surface area contributed by atoms with E-state index in [1.165, 1.54) is 5.56 Å². The lowest BCUT2D eigenvalue weighted by Gasteiger charge is -2.36. The van der Waals surface area contributed by atoms with Crippen LogP contribution in [0.3, 0.4) is 0 Å². The number of methoxy groups -OCH3 is 1. The lowest BCUT2D eigenvalue weighted by Crippen LogP contribution is -2.47. The summed E-state index contributed by atoms with van der Waals surface area (Å²) in [5.41, 5.74) is 2.40.